The second kappa shape index (κ2) is 3.24. The Bertz CT molecular complexity index is 482. The molecule has 0 amide bonds. The lowest BCUT2D eigenvalue weighted by Gasteiger charge is -2.01. The van der Waals surface area contributed by atoms with E-state index < -0.39 is 0 Å². The molecule has 1 atom stereocenters. The third-order valence-electron chi connectivity index (χ3n) is 2.97. The summed E-state index contributed by atoms with van der Waals surface area (Å²) in [7, 11) is 0. The van der Waals surface area contributed by atoms with Gasteiger partial charge >= 0.3 is 0 Å². The molecule has 1 unspecified atom stereocenters. The van der Waals surface area contributed by atoms with Gasteiger partial charge < -0.3 is 16.0 Å². The fourth-order valence-electron chi connectivity index (χ4n) is 2.13. The second-order valence-corrected chi connectivity index (χ2v) is 4.09. The summed E-state index contributed by atoms with van der Waals surface area (Å²) in [5, 5.41) is 3.34. The third-order valence-corrected chi connectivity index (χ3v) is 2.97. The van der Waals surface area contributed by atoms with Crippen LogP contribution in [0, 0.1) is 0 Å². The van der Waals surface area contributed by atoms with E-state index >= 15 is 0 Å². The normalized spacial score (nSPS) is 21.2. The Morgan fingerprint density at radius 2 is 2.33 bits per heavy atom. The molecule has 2 aromatic rings. The average Bonchev–Trinajstić information content (AvgIpc) is 2.84. The lowest BCUT2D eigenvalue weighted by atomic mass is 10.1. The smallest absolute Gasteiger partial charge is 0.111 e. The van der Waals surface area contributed by atoms with E-state index in [9.17, 15) is 0 Å². The number of benzene rings is 1. The predicted octanol–water partition coefficient (Wildman–Crippen LogP) is 1.22. The van der Waals surface area contributed by atoms with Gasteiger partial charge in [0.15, 0.2) is 0 Å². The SMILES string of the molecule is Nc1ccc2nc(C3CCNC3)[nH]c2c1. The van der Waals surface area contributed by atoms with Gasteiger partial charge in [-0.1, -0.05) is 0 Å². The van der Waals surface area contributed by atoms with E-state index in [4.69, 9.17) is 5.73 Å². The summed E-state index contributed by atoms with van der Waals surface area (Å²) < 4.78 is 0. The Hall–Kier alpha value is -1.55. The van der Waals surface area contributed by atoms with Crippen molar-refractivity contribution in [1.29, 1.82) is 0 Å². The molecule has 1 aromatic heterocycles. The summed E-state index contributed by atoms with van der Waals surface area (Å²) >= 11 is 0. The second-order valence-electron chi connectivity index (χ2n) is 4.09. The maximum atomic E-state index is 5.73. The molecule has 15 heavy (non-hydrogen) atoms. The molecule has 1 saturated heterocycles. The fraction of sp³-hybridized carbons (Fsp3) is 0.364. The number of H-pyrrole nitrogens is 1. The lowest BCUT2D eigenvalue weighted by molar-refractivity contribution is 0.717. The highest BCUT2D eigenvalue weighted by molar-refractivity contribution is 5.78. The van der Waals surface area contributed by atoms with E-state index in [-0.39, 0.29) is 0 Å². The van der Waals surface area contributed by atoms with Crippen molar-refractivity contribution in [2.75, 3.05) is 18.8 Å². The summed E-state index contributed by atoms with van der Waals surface area (Å²) in [6, 6.07) is 5.79. The summed E-state index contributed by atoms with van der Waals surface area (Å²) in [4.78, 5) is 7.93. The number of imidazole rings is 1. The summed E-state index contributed by atoms with van der Waals surface area (Å²) in [6.07, 6.45) is 1.16. The van der Waals surface area contributed by atoms with Gasteiger partial charge in [0.25, 0.3) is 0 Å². The molecule has 1 aliphatic rings. The maximum Gasteiger partial charge on any atom is 0.111 e. The molecular weight excluding hydrogens is 188 g/mol. The van der Waals surface area contributed by atoms with Crippen LogP contribution in [-0.4, -0.2) is 23.1 Å². The zero-order valence-corrected chi connectivity index (χ0v) is 8.46. The van der Waals surface area contributed by atoms with Crippen LogP contribution in [-0.2, 0) is 0 Å². The van der Waals surface area contributed by atoms with Crippen LogP contribution in [0.25, 0.3) is 11.0 Å². The van der Waals surface area contributed by atoms with Gasteiger partial charge in [-0.15, -0.1) is 0 Å². The van der Waals surface area contributed by atoms with Gasteiger partial charge in [-0.3, -0.25) is 0 Å². The first-order chi connectivity index (χ1) is 7.33. The predicted molar refractivity (Wildman–Crippen MR) is 60.7 cm³/mol. The lowest BCUT2D eigenvalue weighted by Crippen LogP contribution is -2.08. The summed E-state index contributed by atoms with van der Waals surface area (Å²) in [6.45, 7) is 2.11. The number of nitrogens with two attached hydrogens (primary N) is 1. The average molecular weight is 202 g/mol. The van der Waals surface area contributed by atoms with Gasteiger partial charge in [0.05, 0.1) is 11.0 Å². The quantitative estimate of drug-likeness (QED) is 0.609. The van der Waals surface area contributed by atoms with E-state index in [2.05, 4.69) is 15.3 Å². The molecule has 1 aliphatic heterocycles. The van der Waals surface area contributed by atoms with Crippen molar-refractivity contribution in [3.63, 3.8) is 0 Å². The first kappa shape index (κ1) is 8.73. The molecule has 0 bridgehead atoms. The molecule has 78 valence electrons. The van der Waals surface area contributed by atoms with E-state index in [1.165, 1.54) is 0 Å². The monoisotopic (exact) mass is 202 g/mol. The van der Waals surface area contributed by atoms with Gasteiger partial charge in [0.1, 0.15) is 5.82 Å². The van der Waals surface area contributed by atoms with Crippen LogP contribution in [0.2, 0.25) is 0 Å². The van der Waals surface area contributed by atoms with Gasteiger partial charge in [0, 0.05) is 18.2 Å². The molecule has 0 radical (unpaired) electrons. The Morgan fingerprint density at radius 1 is 1.40 bits per heavy atom. The Labute approximate surface area is 87.9 Å². The molecule has 4 heteroatoms. The number of hydrogen-bond donors (Lipinski definition) is 3. The highest BCUT2D eigenvalue weighted by atomic mass is 15.0. The van der Waals surface area contributed by atoms with Crippen LogP contribution >= 0.6 is 0 Å². The van der Waals surface area contributed by atoms with Gasteiger partial charge in [-0.25, -0.2) is 4.98 Å². The van der Waals surface area contributed by atoms with E-state index in [0.29, 0.717) is 5.92 Å². The van der Waals surface area contributed by atoms with Crippen LogP contribution in [0.4, 0.5) is 5.69 Å². The largest absolute Gasteiger partial charge is 0.399 e. The first-order valence-corrected chi connectivity index (χ1v) is 5.29. The van der Waals surface area contributed by atoms with E-state index in [1.807, 2.05) is 18.2 Å². The molecular formula is C11H14N4. The minimum Gasteiger partial charge on any atom is -0.399 e. The van der Waals surface area contributed by atoms with Crippen molar-refractivity contribution in [2.24, 2.45) is 0 Å². The number of anilines is 1. The molecule has 2 heterocycles. The number of aromatic nitrogens is 2. The Kier molecular flexibility index (Phi) is 1.89. The number of rotatable bonds is 1. The fourth-order valence-corrected chi connectivity index (χ4v) is 2.13. The minimum atomic E-state index is 0.527. The molecule has 3 rings (SSSR count). The molecule has 1 aromatic carbocycles. The van der Waals surface area contributed by atoms with Crippen molar-refractivity contribution < 1.29 is 0 Å². The van der Waals surface area contributed by atoms with Crippen molar-refractivity contribution in [3.8, 4) is 0 Å². The molecule has 4 N–H and O–H groups in total. The van der Waals surface area contributed by atoms with Gasteiger partial charge in [-0.2, -0.15) is 0 Å². The third kappa shape index (κ3) is 1.47. The number of fused-ring (bicyclic) bond motifs is 1. The minimum absolute atomic E-state index is 0.527. The number of nitrogens with zero attached hydrogens (tertiary/aromatic N) is 1. The van der Waals surface area contributed by atoms with Crippen LogP contribution in [0.5, 0.6) is 0 Å². The highest BCUT2D eigenvalue weighted by Crippen LogP contribution is 2.23. The molecule has 0 saturated carbocycles. The van der Waals surface area contributed by atoms with Crippen LogP contribution in [0.15, 0.2) is 18.2 Å². The summed E-state index contributed by atoms with van der Waals surface area (Å²) in [5.41, 5.74) is 8.55. The zero-order chi connectivity index (χ0) is 10.3. The first-order valence-electron chi connectivity index (χ1n) is 5.29. The number of aromatic amines is 1. The molecule has 0 spiro atoms. The number of hydrogen-bond acceptors (Lipinski definition) is 3. The van der Waals surface area contributed by atoms with Crippen molar-refractivity contribution >= 4 is 16.7 Å². The Morgan fingerprint density at radius 3 is 3.13 bits per heavy atom. The van der Waals surface area contributed by atoms with Crippen LogP contribution in [0.3, 0.4) is 0 Å². The maximum absolute atomic E-state index is 5.73. The van der Waals surface area contributed by atoms with Crippen LogP contribution < -0.4 is 11.1 Å². The van der Waals surface area contributed by atoms with Crippen molar-refractivity contribution in [2.45, 2.75) is 12.3 Å². The molecule has 4 nitrogen and oxygen atoms in total. The standard InChI is InChI=1S/C11H14N4/c12-8-1-2-9-10(5-8)15-11(14-9)7-3-4-13-6-7/h1-2,5,7,13H,3-4,6,12H2,(H,14,15). The summed E-state index contributed by atoms with van der Waals surface area (Å²) in [5.74, 6) is 1.61. The van der Waals surface area contributed by atoms with Gasteiger partial charge in [-0.05, 0) is 31.2 Å². The molecule has 0 aliphatic carbocycles. The topological polar surface area (TPSA) is 66.7 Å². The molecule has 1 fully saturated rings. The van der Waals surface area contributed by atoms with E-state index in [1.54, 1.807) is 0 Å². The zero-order valence-electron chi connectivity index (χ0n) is 8.46. The van der Waals surface area contributed by atoms with Gasteiger partial charge in [0.2, 0.25) is 0 Å². The van der Waals surface area contributed by atoms with Crippen LogP contribution in [0.1, 0.15) is 18.2 Å². The highest BCUT2D eigenvalue weighted by Gasteiger charge is 2.19. The van der Waals surface area contributed by atoms with Crippen molar-refractivity contribution in [1.82, 2.24) is 15.3 Å². The number of nitrogen functional groups attached to an aromatic ring is 1. The van der Waals surface area contributed by atoms with E-state index in [0.717, 1.165) is 42.1 Å². The Balaban J connectivity index is 2.05. The van der Waals surface area contributed by atoms with Crippen molar-refractivity contribution in [3.05, 3.63) is 24.0 Å². The number of nitrogens with one attached hydrogen (secondary N) is 2.